The van der Waals surface area contributed by atoms with Crippen LogP contribution in [0.4, 0.5) is 5.13 Å². The van der Waals surface area contributed by atoms with Gasteiger partial charge in [0.1, 0.15) is 16.8 Å². The van der Waals surface area contributed by atoms with E-state index in [1.54, 1.807) is 12.3 Å². The van der Waals surface area contributed by atoms with Crippen molar-refractivity contribution in [3.8, 4) is 0 Å². The fourth-order valence-corrected chi connectivity index (χ4v) is 1.66. The van der Waals surface area contributed by atoms with Crippen molar-refractivity contribution >= 4 is 51.4 Å². The standard InChI is InChI=1S/C10H11Cl2N3O3S/c1-2-17-9(16)8(6-5-19-10(13)14-6)15-18-4-3-7(11)12/h3,5H,2,4H2,1H3,(H2,13,14)/b15-8-. The van der Waals surface area contributed by atoms with Crippen molar-refractivity contribution in [2.24, 2.45) is 5.16 Å². The summed E-state index contributed by atoms with van der Waals surface area (Å²) < 4.78 is 4.90. The van der Waals surface area contributed by atoms with Crippen molar-refractivity contribution in [3.63, 3.8) is 0 Å². The normalized spacial score (nSPS) is 11.0. The lowest BCUT2D eigenvalue weighted by Gasteiger charge is -2.03. The Kier molecular flexibility index (Phi) is 6.61. The van der Waals surface area contributed by atoms with E-state index in [0.717, 1.165) is 0 Å². The number of nitrogens with two attached hydrogens (primary N) is 1. The molecule has 0 aliphatic rings. The number of halogens is 2. The maximum atomic E-state index is 11.7. The van der Waals surface area contributed by atoms with Crippen LogP contribution in [0.2, 0.25) is 0 Å². The zero-order chi connectivity index (χ0) is 14.3. The topological polar surface area (TPSA) is 86.8 Å². The van der Waals surface area contributed by atoms with Gasteiger partial charge in [-0.15, -0.1) is 11.3 Å². The number of rotatable bonds is 6. The van der Waals surface area contributed by atoms with Crippen LogP contribution >= 0.6 is 34.5 Å². The Morgan fingerprint density at radius 1 is 1.63 bits per heavy atom. The van der Waals surface area contributed by atoms with Crippen molar-refractivity contribution in [2.45, 2.75) is 6.92 Å². The molecular formula is C10H11Cl2N3O3S. The number of carbonyl (C=O) groups is 1. The third kappa shape index (κ3) is 5.46. The van der Waals surface area contributed by atoms with Crippen molar-refractivity contribution in [1.82, 2.24) is 4.98 Å². The van der Waals surface area contributed by atoms with Gasteiger partial charge in [-0.2, -0.15) is 0 Å². The van der Waals surface area contributed by atoms with Crippen molar-refractivity contribution in [2.75, 3.05) is 18.9 Å². The molecule has 0 saturated carbocycles. The summed E-state index contributed by atoms with van der Waals surface area (Å²) in [6.45, 7) is 1.91. The molecular weight excluding hydrogens is 313 g/mol. The number of esters is 1. The highest BCUT2D eigenvalue weighted by molar-refractivity contribution is 7.13. The van der Waals surface area contributed by atoms with Crippen LogP contribution in [0.25, 0.3) is 0 Å². The maximum Gasteiger partial charge on any atom is 0.362 e. The Morgan fingerprint density at radius 2 is 2.37 bits per heavy atom. The van der Waals surface area contributed by atoms with Gasteiger partial charge in [-0.05, 0) is 13.0 Å². The number of nitrogens with zero attached hydrogens (tertiary/aromatic N) is 2. The summed E-state index contributed by atoms with van der Waals surface area (Å²) >= 11 is 12.0. The molecule has 9 heteroatoms. The van der Waals surface area contributed by atoms with Gasteiger partial charge in [0.15, 0.2) is 5.13 Å². The molecule has 0 atom stereocenters. The fraction of sp³-hybridized carbons (Fsp3) is 0.300. The number of ether oxygens (including phenoxy) is 1. The Bertz CT molecular complexity index is 498. The smallest absolute Gasteiger partial charge is 0.362 e. The van der Waals surface area contributed by atoms with Gasteiger partial charge in [0.05, 0.1) is 6.61 Å². The summed E-state index contributed by atoms with van der Waals surface area (Å²) in [5.41, 5.74) is 5.73. The largest absolute Gasteiger partial charge is 0.461 e. The SMILES string of the molecule is CCOC(=O)/C(=N\OCC=C(Cl)Cl)c1csc(N)n1. The summed E-state index contributed by atoms with van der Waals surface area (Å²) in [7, 11) is 0. The predicted molar refractivity (Wildman–Crippen MR) is 75.4 cm³/mol. The summed E-state index contributed by atoms with van der Waals surface area (Å²) in [5.74, 6) is -0.645. The highest BCUT2D eigenvalue weighted by Crippen LogP contribution is 2.13. The molecule has 0 amide bonds. The van der Waals surface area contributed by atoms with Gasteiger partial charge >= 0.3 is 5.97 Å². The molecule has 2 N–H and O–H groups in total. The van der Waals surface area contributed by atoms with E-state index in [-0.39, 0.29) is 23.4 Å². The van der Waals surface area contributed by atoms with Gasteiger partial charge in [-0.25, -0.2) is 9.78 Å². The van der Waals surface area contributed by atoms with E-state index in [1.165, 1.54) is 17.4 Å². The Labute approximate surface area is 123 Å². The molecule has 0 aromatic carbocycles. The van der Waals surface area contributed by atoms with Crippen LogP contribution in [0.3, 0.4) is 0 Å². The first-order chi connectivity index (χ1) is 9.04. The lowest BCUT2D eigenvalue weighted by molar-refractivity contribution is -0.135. The molecule has 0 unspecified atom stereocenters. The van der Waals surface area contributed by atoms with Crippen LogP contribution in [0.15, 0.2) is 21.1 Å². The quantitative estimate of drug-likeness (QED) is 0.376. The second-order valence-corrected chi connectivity index (χ2v) is 4.92. The zero-order valence-corrected chi connectivity index (χ0v) is 12.3. The number of aromatic nitrogens is 1. The first kappa shape index (κ1) is 15.7. The molecule has 0 saturated heterocycles. The van der Waals surface area contributed by atoms with Gasteiger partial charge < -0.3 is 15.3 Å². The predicted octanol–water partition coefficient (Wildman–Crippen LogP) is 2.33. The van der Waals surface area contributed by atoms with Gasteiger partial charge in [0.2, 0.25) is 5.71 Å². The average Bonchev–Trinajstić information content (AvgIpc) is 2.75. The third-order valence-electron chi connectivity index (χ3n) is 1.70. The Balaban J connectivity index is 2.83. The van der Waals surface area contributed by atoms with Crippen molar-refractivity contribution in [1.29, 1.82) is 0 Å². The van der Waals surface area contributed by atoms with E-state index < -0.39 is 5.97 Å². The van der Waals surface area contributed by atoms with Crippen LogP contribution in [-0.4, -0.2) is 29.9 Å². The second kappa shape index (κ2) is 7.98. The first-order valence-corrected chi connectivity index (χ1v) is 6.77. The van der Waals surface area contributed by atoms with Gasteiger partial charge in [-0.1, -0.05) is 28.4 Å². The minimum absolute atomic E-state index is 0.0187. The molecule has 0 aliphatic carbocycles. The molecule has 0 bridgehead atoms. The van der Waals surface area contributed by atoms with Crippen molar-refractivity contribution < 1.29 is 14.4 Å². The second-order valence-electron chi connectivity index (χ2n) is 3.02. The number of oxime groups is 1. The zero-order valence-electron chi connectivity index (χ0n) is 9.93. The van der Waals surface area contributed by atoms with E-state index in [1.807, 2.05) is 0 Å². The van der Waals surface area contributed by atoms with Crippen LogP contribution in [0.1, 0.15) is 12.6 Å². The van der Waals surface area contributed by atoms with Crippen LogP contribution in [-0.2, 0) is 14.4 Å². The molecule has 0 fully saturated rings. The molecule has 1 rings (SSSR count). The maximum absolute atomic E-state index is 11.7. The van der Waals surface area contributed by atoms with E-state index in [2.05, 4.69) is 10.1 Å². The average molecular weight is 324 g/mol. The van der Waals surface area contributed by atoms with E-state index in [9.17, 15) is 4.79 Å². The molecule has 0 spiro atoms. The van der Waals surface area contributed by atoms with Crippen LogP contribution < -0.4 is 5.73 Å². The van der Waals surface area contributed by atoms with E-state index in [0.29, 0.717) is 10.8 Å². The lowest BCUT2D eigenvalue weighted by atomic mass is 10.3. The lowest BCUT2D eigenvalue weighted by Crippen LogP contribution is -2.19. The van der Waals surface area contributed by atoms with E-state index >= 15 is 0 Å². The third-order valence-corrected chi connectivity index (χ3v) is 2.68. The van der Waals surface area contributed by atoms with Gasteiger partial charge in [-0.3, -0.25) is 0 Å². The number of carbonyl (C=O) groups excluding carboxylic acids is 1. The highest BCUT2D eigenvalue weighted by Gasteiger charge is 2.19. The minimum atomic E-state index is -0.645. The molecule has 104 valence electrons. The number of hydrogen-bond donors (Lipinski definition) is 1. The highest BCUT2D eigenvalue weighted by atomic mass is 35.5. The summed E-state index contributed by atoms with van der Waals surface area (Å²) in [6, 6.07) is 0. The molecule has 1 aromatic heterocycles. The number of thiazole rings is 1. The van der Waals surface area contributed by atoms with Crippen LogP contribution in [0.5, 0.6) is 0 Å². The summed E-state index contributed by atoms with van der Waals surface area (Å²) in [4.78, 5) is 20.6. The van der Waals surface area contributed by atoms with Gasteiger partial charge in [0, 0.05) is 5.38 Å². The molecule has 0 radical (unpaired) electrons. The number of hydrogen-bond acceptors (Lipinski definition) is 7. The monoisotopic (exact) mass is 323 g/mol. The molecule has 19 heavy (non-hydrogen) atoms. The minimum Gasteiger partial charge on any atom is -0.461 e. The Hall–Kier alpha value is -1.31. The molecule has 1 heterocycles. The van der Waals surface area contributed by atoms with Crippen LogP contribution in [0, 0.1) is 0 Å². The van der Waals surface area contributed by atoms with Gasteiger partial charge in [0.25, 0.3) is 0 Å². The number of anilines is 1. The fourth-order valence-electron chi connectivity index (χ4n) is 0.987. The molecule has 0 aliphatic heterocycles. The molecule has 1 aromatic rings. The molecule has 6 nitrogen and oxygen atoms in total. The summed E-state index contributed by atoms with van der Waals surface area (Å²) in [6.07, 6.45) is 1.38. The number of nitrogen functional groups attached to an aromatic ring is 1. The van der Waals surface area contributed by atoms with Crippen molar-refractivity contribution in [3.05, 3.63) is 21.6 Å². The Morgan fingerprint density at radius 3 is 2.89 bits per heavy atom. The first-order valence-electron chi connectivity index (χ1n) is 5.14. The summed E-state index contributed by atoms with van der Waals surface area (Å²) in [5, 5.41) is 5.56. The van der Waals surface area contributed by atoms with E-state index in [4.69, 9.17) is 38.5 Å².